The van der Waals surface area contributed by atoms with Crippen LogP contribution < -0.4 is 0 Å². The summed E-state index contributed by atoms with van der Waals surface area (Å²) in [5.74, 6) is 1.95. The Morgan fingerprint density at radius 3 is 1.45 bits per heavy atom. The maximum absolute atomic E-state index is 5.87. The average Bonchev–Trinajstić information content (AvgIpc) is 3.77. The van der Waals surface area contributed by atoms with Gasteiger partial charge in [-0.3, -0.25) is 9.47 Å². The van der Waals surface area contributed by atoms with Crippen LogP contribution in [0.15, 0.2) is 129 Å². The molecule has 8 rings (SSSR count). The van der Waals surface area contributed by atoms with Crippen molar-refractivity contribution in [3.05, 3.63) is 157 Å². The monoisotopic (exact) mass is 756 g/mol. The van der Waals surface area contributed by atoms with Crippen molar-refractivity contribution >= 4 is 12.2 Å². The minimum absolute atomic E-state index is 0.170. The zero-order valence-electron chi connectivity index (χ0n) is 30.9. The molecule has 5 fully saturated rings. The molecule has 12 nitrogen and oxygen atoms in total. The van der Waals surface area contributed by atoms with Crippen LogP contribution >= 0.6 is 0 Å². The molecule has 0 N–H and O–H groups in total. The molecule has 55 heavy (non-hydrogen) atoms. The summed E-state index contributed by atoms with van der Waals surface area (Å²) in [7, 11) is 0. The minimum Gasteiger partial charge on any atom is -0.409 e. The van der Waals surface area contributed by atoms with Gasteiger partial charge in [0.1, 0.15) is 44.0 Å². The van der Waals surface area contributed by atoms with E-state index in [-0.39, 0.29) is 31.2 Å². The molecule has 3 aromatic carbocycles. The van der Waals surface area contributed by atoms with Gasteiger partial charge in [-0.1, -0.05) is 124 Å². The molecule has 5 heterocycles. The fraction of sp³-hybridized carbons (Fsp3) is 0.349. The second-order valence-electron chi connectivity index (χ2n) is 13.3. The maximum atomic E-state index is 5.87. The van der Waals surface area contributed by atoms with Gasteiger partial charge in [-0.25, -0.2) is 9.78 Å². The highest BCUT2D eigenvalue weighted by atomic mass is 17.2. The van der Waals surface area contributed by atoms with E-state index in [9.17, 15) is 0 Å². The average molecular weight is 757 g/mol. The molecule has 12 heteroatoms. The molecule has 5 aliphatic heterocycles. The fourth-order valence-electron chi connectivity index (χ4n) is 5.87. The van der Waals surface area contributed by atoms with Crippen LogP contribution in [-0.4, -0.2) is 65.2 Å². The van der Waals surface area contributed by atoms with E-state index in [4.69, 9.17) is 57.4 Å². The van der Waals surface area contributed by atoms with Crippen molar-refractivity contribution in [3.63, 3.8) is 0 Å². The molecule has 2 spiro atoms. The second kappa shape index (κ2) is 19.3. The lowest BCUT2D eigenvalue weighted by Gasteiger charge is -2.42. The summed E-state index contributed by atoms with van der Waals surface area (Å²) in [5.41, 5.74) is 5.75. The Balaban J connectivity index is 0.000000163. The molecule has 292 valence electrons. The van der Waals surface area contributed by atoms with E-state index < -0.39 is 12.3 Å². The summed E-state index contributed by atoms with van der Waals surface area (Å²) < 4.78 is 43.7. The highest BCUT2D eigenvalue weighted by Crippen LogP contribution is 2.35. The second-order valence-corrected chi connectivity index (χ2v) is 13.3. The molecule has 1 atom stereocenters. The number of hydrogen-bond acceptors (Lipinski definition) is 12. The van der Waals surface area contributed by atoms with E-state index in [1.165, 1.54) is 11.1 Å². The number of benzene rings is 3. The van der Waals surface area contributed by atoms with Crippen molar-refractivity contribution in [2.45, 2.75) is 31.3 Å². The van der Waals surface area contributed by atoms with Crippen LogP contribution in [0.25, 0.3) is 12.2 Å². The minimum atomic E-state index is -1.37. The first-order valence-corrected chi connectivity index (χ1v) is 18.0. The van der Waals surface area contributed by atoms with Gasteiger partial charge in [-0.2, -0.15) is 4.89 Å². The molecule has 0 aliphatic carbocycles. The molecular weight excluding hydrogens is 708 g/mol. The molecule has 0 amide bonds. The molecule has 5 aliphatic rings. The molecule has 1 unspecified atom stereocenters. The smallest absolute Gasteiger partial charge is 0.409 e. The predicted molar refractivity (Wildman–Crippen MR) is 201 cm³/mol. The quantitative estimate of drug-likeness (QED) is 0.222. The fourth-order valence-corrected chi connectivity index (χ4v) is 5.87. The van der Waals surface area contributed by atoms with Gasteiger partial charge in [0.25, 0.3) is 0 Å². The van der Waals surface area contributed by atoms with Crippen molar-refractivity contribution in [1.82, 2.24) is 0 Å². The number of hydrogen-bond donors (Lipinski definition) is 0. The summed E-state index contributed by atoms with van der Waals surface area (Å²) in [4.78, 5) is 19.9. The molecule has 0 aromatic heterocycles. The molecule has 5 saturated heterocycles. The lowest BCUT2D eigenvalue weighted by molar-refractivity contribution is -0.534. The third-order valence-corrected chi connectivity index (χ3v) is 8.79. The van der Waals surface area contributed by atoms with Crippen molar-refractivity contribution in [2.24, 2.45) is 11.8 Å². The van der Waals surface area contributed by atoms with E-state index in [0.717, 1.165) is 29.5 Å². The predicted octanol–water partition coefficient (Wildman–Crippen LogP) is 7.57. The van der Waals surface area contributed by atoms with Gasteiger partial charge in [-0.15, -0.1) is 0 Å². The summed E-state index contributed by atoms with van der Waals surface area (Å²) in [6, 6.07) is 26.5. The lowest BCUT2D eigenvalue weighted by Crippen LogP contribution is -2.53. The SMILES string of the molecule is C=C1COC2(OCC(=C)O2)O1.C=C1COOC(c2ccccc2)COO1.C=Cc1ccc(CC2COC3(OC2)OCC(Cc2ccc(C=C)cc2)CO3)cc1. The maximum Gasteiger partial charge on any atom is 0.510 e. The van der Waals surface area contributed by atoms with Crippen LogP contribution in [-0.2, 0) is 70.3 Å². The van der Waals surface area contributed by atoms with Crippen molar-refractivity contribution in [1.29, 1.82) is 0 Å². The first kappa shape index (κ1) is 40.1. The van der Waals surface area contributed by atoms with Gasteiger partial charge in [0.15, 0.2) is 5.76 Å². The van der Waals surface area contributed by atoms with Gasteiger partial charge in [0.2, 0.25) is 0 Å². The van der Waals surface area contributed by atoms with Crippen LogP contribution in [0.3, 0.4) is 0 Å². The summed E-state index contributed by atoms with van der Waals surface area (Å²) in [6.07, 6.45) is 2.52. The van der Waals surface area contributed by atoms with E-state index >= 15 is 0 Å². The Labute approximate surface area is 321 Å². The molecule has 0 radical (unpaired) electrons. The largest absolute Gasteiger partial charge is 0.510 e. The lowest BCUT2D eigenvalue weighted by atomic mass is 9.99. The van der Waals surface area contributed by atoms with Gasteiger partial charge in [0.05, 0.1) is 26.4 Å². The zero-order chi connectivity index (χ0) is 38.5. The third kappa shape index (κ3) is 11.7. The first-order valence-electron chi connectivity index (χ1n) is 18.0. The van der Waals surface area contributed by atoms with E-state index in [1.807, 2.05) is 42.5 Å². The first-order chi connectivity index (χ1) is 26.7. The van der Waals surface area contributed by atoms with E-state index in [0.29, 0.717) is 56.9 Å². The Morgan fingerprint density at radius 2 is 1.02 bits per heavy atom. The van der Waals surface area contributed by atoms with Gasteiger partial charge < -0.3 is 33.3 Å². The normalized spacial score (nSPS) is 25.8. The Bertz CT molecular complexity index is 1610. The molecular formula is C43H48O12. The van der Waals surface area contributed by atoms with Crippen LogP contribution in [0.1, 0.15) is 33.9 Å². The Morgan fingerprint density at radius 1 is 0.527 bits per heavy atom. The van der Waals surface area contributed by atoms with Crippen molar-refractivity contribution in [2.75, 3.05) is 52.9 Å². The van der Waals surface area contributed by atoms with Gasteiger partial charge in [0, 0.05) is 11.8 Å². The highest BCUT2D eigenvalue weighted by molar-refractivity contribution is 5.47. The number of rotatable bonds is 7. The van der Waals surface area contributed by atoms with Crippen LogP contribution in [0.2, 0.25) is 0 Å². The Hall–Kier alpha value is -4.60. The standard InChI is InChI=1S/C25H28O4.C11H12O4.C7H8O4/c1-3-19-5-9-21(10-6-19)13-23-15-26-25(27-16-23)28-17-24(18-29-25)14-22-11-7-20(4-2)8-12-22;1-9-7-12-15-11(8-13-14-9)10-5-3-2-4-6-10;1-5-3-8-7(10-5)9-4-6(2)11-7/h3-12,23-24H,1-2,13-18H2;2-6,11H,1,7-8H2;1-4H2. The molecule has 0 saturated carbocycles. The highest BCUT2D eigenvalue weighted by Gasteiger charge is 2.49. The topological polar surface area (TPSA) is 111 Å². The van der Waals surface area contributed by atoms with E-state index in [2.05, 4.69) is 81.4 Å². The van der Waals surface area contributed by atoms with Gasteiger partial charge in [-0.05, 0) is 40.7 Å². The van der Waals surface area contributed by atoms with Crippen LogP contribution in [0.4, 0.5) is 0 Å². The Kier molecular flexibility index (Phi) is 14.1. The third-order valence-electron chi connectivity index (χ3n) is 8.79. The van der Waals surface area contributed by atoms with Crippen molar-refractivity contribution in [3.8, 4) is 0 Å². The number of ether oxygens (including phenoxy) is 8. The molecule has 0 bridgehead atoms. The van der Waals surface area contributed by atoms with E-state index in [1.54, 1.807) is 0 Å². The summed E-state index contributed by atoms with van der Waals surface area (Å²) >= 11 is 0. The van der Waals surface area contributed by atoms with Crippen LogP contribution in [0.5, 0.6) is 0 Å². The summed E-state index contributed by atoms with van der Waals surface area (Å²) in [5, 5.41) is 0. The van der Waals surface area contributed by atoms with Crippen molar-refractivity contribution < 1.29 is 57.4 Å². The zero-order valence-corrected chi connectivity index (χ0v) is 30.9. The van der Waals surface area contributed by atoms with Gasteiger partial charge >= 0.3 is 12.3 Å². The summed E-state index contributed by atoms with van der Waals surface area (Å²) in [6.45, 7) is 21.5. The van der Waals surface area contributed by atoms with Crippen LogP contribution in [0, 0.1) is 11.8 Å². The molecule has 3 aromatic rings.